The number of para-hydroxylation sites is 2. The third-order valence-corrected chi connectivity index (χ3v) is 5.65. The molecule has 0 unspecified atom stereocenters. The zero-order valence-electron chi connectivity index (χ0n) is 18.7. The summed E-state index contributed by atoms with van der Waals surface area (Å²) in [6.45, 7) is 3.96. The molecule has 0 atom stereocenters. The summed E-state index contributed by atoms with van der Waals surface area (Å²) in [7, 11) is 0. The number of aromatic nitrogens is 4. The van der Waals surface area contributed by atoms with Crippen LogP contribution in [0, 0.1) is 18.3 Å². The summed E-state index contributed by atoms with van der Waals surface area (Å²) in [4.78, 5) is 25.8. The molecule has 1 N–H and O–H groups in total. The Kier molecular flexibility index (Phi) is 5.40. The van der Waals surface area contributed by atoms with Crippen LogP contribution in [0.4, 0.5) is 0 Å². The third-order valence-electron chi connectivity index (χ3n) is 5.65. The highest BCUT2D eigenvalue weighted by molar-refractivity contribution is 5.91. The van der Waals surface area contributed by atoms with Crippen LogP contribution in [-0.2, 0) is 6.42 Å². The molecule has 0 amide bonds. The van der Waals surface area contributed by atoms with E-state index in [4.69, 9.17) is 4.74 Å². The van der Waals surface area contributed by atoms with E-state index in [-0.39, 0.29) is 22.6 Å². The average molecular weight is 447 g/mol. The maximum Gasteiger partial charge on any atom is 0.269 e. The number of H-pyrrole nitrogens is 1. The van der Waals surface area contributed by atoms with Gasteiger partial charge in [0.05, 0.1) is 16.6 Å². The molecule has 5 rings (SSSR count). The minimum Gasteiger partial charge on any atom is -0.438 e. The zero-order valence-corrected chi connectivity index (χ0v) is 18.7. The number of aryl methyl sites for hydroxylation is 2. The molecular formula is C27H21N5O2. The van der Waals surface area contributed by atoms with Crippen LogP contribution in [0.1, 0.15) is 29.4 Å². The fourth-order valence-corrected chi connectivity index (χ4v) is 3.78. The predicted octanol–water partition coefficient (Wildman–Crippen LogP) is 5.30. The molecule has 0 aliphatic carbocycles. The van der Waals surface area contributed by atoms with E-state index in [1.165, 1.54) is 16.0 Å². The normalized spacial score (nSPS) is 11.6. The van der Waals surface area contributed by atoms with Gasteiger partial charge >= 0.3 is 0 Å². The van der Waals surface area contributed by atoms with Crippen molar-refractivity contribution in [2.75, 3.05) is 0 Å². The van der Waals surface area contributed by atoms with Crippen molar-refractivity contribution >= 4 is 28.3 Å². The van der Waals surface area contributed by atoms with Crippen molar-refractivity contribution in [1.82, 2.24) is 19.4 Å². The van der Waals surface area contributed by atoms with E-state index in [9.17, 15) is 10.1 Å². The highest BCUT2D eigenvalue weighted by Crippen LogP contribution is 2.27. The van der Waals surface area contributed by atoms with Crippen molar-refractivity contribution in [3.63, 3.8) is 0 Å². The number of aromatic amines is 1. The molecule has 0 aliphatic rings. The minimum atomic E-state index is -0.335. The number of nitriles is 1. The summed E-state index contributed by atoms with van der Waals surface area (Å²) in [6.07, 6.45) is 4.05. The second kappa shape index (κ2) is 8.68. The number of nitrogens with one attached hydrogen (secondary N) is 1. The first kappa shape index (κ1) is 21.2. The molecule has 2 aromatic carbocycles. The molecule has 3 aromatic heterocycles. The number of hydrogen-bond donors (Lipinski definition) is 1. The van der Waals surface area contributed by atoms with Crippen molar-refractivity contribution in [3.05, 3.63) is 99.7 Å². The first-order valence-electron chi connectivity index (χ1n) is 10.9. The summed E-state index contributed by atoms with van der Waals surface area (Å²) in [6, 6.07) is 21.0. The highest BCUT2D eigenvalue weighted by atomic mass is 16.5. The van der Waals surface area contributed by atoms with Crippen molar-refractivity contribution in [2.24, 2.45) is 0 Å². The summed E-state index contributed by atoms with van der Waals surface area (Å²) in [5.74, 6) is 1.06. The van der Waals surface area contributed by atoms with Crippen molar-refractivity contribution in [2.45, 2.75) is 20.3 Å². The van der Waals surface area contributed by atoms with Crippen LogP contribution < -0.4 is 10.3 Å². The van der Waals surface area contributed by atoms with E-state index in [2.05, 4.69) is 27.9 Å². The summed E-state index contributed by atoms with van der Waals surface area (Å²) in [5.41, 5.74) is 4.06. The minimum absolute atomic E-state index is 0.132. The Morgan fingerprint density at radius 2 is 1.91 bits per heavy atom. The van der Waals surface area contributed by atoms with Crippen LogP contribution in [-0.4, -0.2) is 19.4 Å². The molecule has 5 aromatic rings. The molecule has 7 nitrogen and oxygen atoms in total. The Balaban J connectivity index is 1.70. The lowest BCUT2D eigenvalue weighted by molar-refractivity contribution is 0.460. The predicted molar refractivity (Wildman–Crippen MR) is 132 cm³/mol. The lowest BCUT2D eigenvalue weighted by atomic mass is 10.1. The molecule has 7 heteroatoms. The van der Waals surface area contributed by atoms with Crippen LogP contribution in [0.5, 0.6) is 11.6 Å². The molecule has 166 valence electrons. The molecule has 0 fully saturated rings. The quantitative estimate of drug-likeness (QED) is 0.369. The lowest BCUT2D eigenvalue weighted by Crippen LogP contribution is -2.19. The number of pyridine rings is 1. The van der Waals surface area contributed by atoms with Gasteiger partial charge in [0, 0.05) is 6.20 Å². The van der Waals surface area contributed by atoms with Crippen molar-refractivity contribution in [1.29, 1.82) is 5.26 Å². The number of imidazole rings is 1. The zero-order chi connectivity index (χ0) is 23.7. The molecule has 0 aliphatic heterocycles. The first-order valence-corrected chi connectivity index (χ1v) is 10.9. The smallest absolute Gasteiger partial charge is 0.269 e. The van der Waals surface area contributed by atoms with Crippen molar-refractivity contribution < 1.29 is 4.74 Å². The Labute approximate surface area is 195 Å². The van der Waals surface area contributed by atoms with Gasteiger partial charge in [-0.3, -0.25) is 9.20 Å². The number of allylic oxidation sites excluding steroid dienone is 1. The van der Waals surface area contributed by atoms with Crippen LogP contribution in [0.15, 0.2) is 71.7 Å². The Morgan fingerprint density at radius 1 is 1.12 bits per heavy atom. The maximum absolute atomic E-state index is 13.5. The summed E-state index contributed by atoms with van der Waals surface area (Å²) >= 11 is 0. The van der Waals surface area contributed by atoms with Gasteiger partial charge in [-0.2, -0.15) is 10.2 Å². The number of fused-ring (bicyclic) bond motifs is 2. The third kappa shape index (κ3) is 3.82. The molecule has 3 heterocycles. The number of rotatable bonds is 5. The van der Waals surface area contributed by atoms with Gasteiger partial charge in [-0.05, 0) is 60.9 Å². The Hall–Kier alpha value is -4.70. The van der Waals surface area contributed by atoms with Crippen LogP contribution in [0.3, 0.4) is 0 Å². The van der Waals surface area contributed by atoms with Crippen LogP contribution in [0.2, 0.25) is 0 Å². The maximum atomic E-state index is 13.5. The van der Waals surface area contributed by atoms with E-state index in [0.717, 1.165) is 23.0 Å². The monoisotopic (exact) mass is 447 g/mol. The molecule has 0 radical (unpaired) electrons. The molecular weight excluding hydrogens is 426 g/mol. The number of ether oxygens (including phenoxy) is 1. The van der Waals surface area contributed by atoms with Crippen LogP contribution in [0.25, 0.3) is 28.3 Å². The van der Waals surface area contributed by atoms with Gasteiger partial charge in [0.2, 0.25) is 5.88 Å². The molecule has 0 spiro atoms. The SMILES string of the molecule is CCc1ccc(Oc2nc3c(C)cccn3c(=O)c2/C=C(\C#N)c2nc3ccccc3[nH]2)cc1. The lowest BCUT2D eigenvalue weighted by Gasteiger charge is -2.11. The van der Waals surface area contributed by atoms with Gasteiger partial charge in [0.25, 0.3) is 5.56 Å². The van der Waals surface area contributed by atoms with Crippen LogP contribution >= 0.6 is 0 Å². The Bertz CT molecular complexity index is 1620. The summed E-state index contributed by atoms with van der Waals surface area (Å²) < 4.78 is 7.54. The fraction of sp³-hybridized carbons (Fsp3) is 0.111. The fourth-order valence-electron chi connectivity index (χ4n) is 3.78. The summed E-state index contributed by atoms with van der Waals surface area (Å²) in [5, 5.41) is 9.90. The molecule has 0 bridgehead atoms. The van der Waals surface area contributed by atoms with E-state index in [0.29, 0.717) is 17.2 Å². The van der Waals surface area contributed by atoms with Gasteiger partial charge in [0.1, 0.15) is 28.9 Å². The number of nitrogens with zero attached hydrogens (tertiary/aromatic N) is 4. The number of hydrogen-bond acceptors (Lipinski definition) is 5. The largest absolute Gasteiger partial charge is 0.438 e. The standard InChI is InChI=1S/C27H21N5O2/c1-3-18-10-12-20(13-11-18)34-26-21(27(33)32-14-6-7-17(2)25(32)31-26)15-19(16-28)24-29-22-8-4-5-9-23(22)30-24/h4-15H,3H2,1-2H3,(H,29,30)/b19-15+. The van der Waals surface area contributed by atoms with Gasteiger partial charge in [-0.15, -0.1) is 0 Å². The molecule has 0 saturated carbocycles. The highest BCUT2D eigenvalue weighted by Gasteiger charge is 2.17. The second-order valence-electron chi connectivity index (χ2n) is 7.89. The Morgan fingerprint density at radius 3 is 2.65 bits per heavy atom. The first-order chi connectivity index (χ1) is 16.6. The average Bonchev–Trinajstić information content (AvgIpc) is 3.29. The van der Waals surface area contributed by atoms with Gasteiger partial charge in [0.15, 0.2) is 0 Å². The van der Waals surface area contributed by atoms with E-state index in [1.807, 2.05) is 61.5 Å². The van der Waals surface area contributed by atoms with Crippen molar-refractivity contribution in [3.8, 4) is 17.7 Å². The second-order valence-corrected chi connectivity index (χ2v) is 7.89. The van der Waals surface area contributed by atoms with Gasteiger partial charge in [-0.25, -0.2) is 4.98 Å². The van der Waals surface area contributed by atoms with Gasteiger partial charge in [-0.1, -0.05) is 37.3 Å². The molecule has 0 saturated heterocycles. The van der Waals surface area contributed by atoms with E-state index < -0.39 is 0 Å². The van der Waals surface area contributed by atoms with E-state index in [1.54, 1.807) is 12.3 Å². The number of benzene rings is 2. The van der Waals surface area contributed by atoms with Gasteiger partial charge < -0.3 is 9.72 Å². The molecule has 34 heavy (non-hydrogen) atoms. The van der Waals surface area contributed by atoms with E-state index >= 15 is 0 Å². The topological polar surface area (TPSA) is 96.1 Å².